The van der Waals surface area contributed by atoms with E-state index in [1.54, 1.807) is 16.7 Å². The number of ether oxygens (including phenoxy) is 1. The number of cyclic esters (lactones) is 1. The summed E-state index contributed by atoms with van der Waals surface area (Å²) in [6.45, 7) is 3.36. The van der Waals surface area contributed by atoms with E-state index in [0.717, 1.165) is 17.7 Å². The molecular weight excluding hydrogens is 354 g/mol. The van der Waals surface area contributed by atoms with Gasteiger partial charge in [0.1, 0.15) is 13.2 Å². The van der Waals surface area contributed by atoms with Crippen molar-refractivity contribution in [3.8, 4) is 0 Å². The molecule has 2 N–H and O–H groups in total. The Labute approximate surface area is 157 Å². The Kier molecular flexibility index (Phi) is 5.73. The number of anilines is 1. The van der Waals surface area contributed by atoms with Gasteiger partial charge >= 0.3 is 6.09 Å². The van der Waals surface area contributed by atoms with Crippen LogP contribution in [0.25, 0.3) is 0 Å². The molecule has 1 fully saturated rings. The topological polar surface area (TPSA) is 82.1 Å². The number of fused-ring (bicyclic) bond motifs is 1. The zero-order chi connectivity index (χ0) is 18.7. The molecule has 26 heavy (non-hydrogen) atoms. The summed E-state index contributed by atoms with van der Waals surface area (Å²) in [4.78, 5) is 28.0. The third-order valence-corrected chi connectivity index (χ3v) is 4.95. The van der Waals surface area contributed by atoms with Crippen LogP contribution < -0.4 is 10.2 Å². The Hall–Kier alpha value is -2.19. The van der Waals surface area contributed by atoms with Gasteiger partial charge < -0.3 is 20.1 Å². The summed E-state index contributed by atoms with van der Waals surface area (Å²) in [7, 11) is 0. The minimum atomic E-state index is -0.463. The first-order valence-corrected chi connectivity index (χ1v) is 9.11. The maximum absolute atomic E-state index is 12.2. The van der Waals surface area contributed by atoms with Crippen molar-refractivity contribution in [2.75, 3.05) is 37.7 Å². The van der Waals surface area contributed by atoms with E-state index in [1.807, 2.05) is 18.2 Å². The van der Waals surface area contributed by atoms with E-state index >= 15 is 0 Å². The summed E-state index contributed by atoms with van der Waals surface area (Å²) in [5, 5.41) is 12.2. The lowest BCUT2D eigenvalue weighted by Crippen LogP contribution is -2.42. The highest BCUT2D eigenvalue weighted by Crippen LogP contribution is 2.27. The zero-order valence-corrected chi connectivity index (χ0v) is 15.6. The zero-order valence-electron chi connectivity index (χ0n) is 14.7. The molecule has 7 nitrogen and oxygen atoms in total. The third kappa shape index (κ3) is 3.96. The number of benzene rings is 1. The van der Waals surface area contributed by atoms with E-state index in [2.05, 4.69) is 5.32 Å². The molecule has 2 amide bonds. The molecule has 2 aliphatic heterocycles. The van der Waals surface area contributed by atoms with Gasteiger partial charge in [-0.15, -0.1) is 0 Å². The van der Waals surface area contributed by atoms with Crippen molar-refractivity contribution < 1.29 is 19.4 Å². The first-order chi connectivity index (χ1) is 12.5. The van der Waals surface area contributed by atoms with Gasteiger partial charge in [0, 0.05) is 25.3 Å². The molecule has 2 aliphatic rings. The lowest BCUT2D eigenvalue weighted by molar-refractivity contribution is -0.134. The smallest absolute Gasteiger partial charge is 0.414 e. The van der Waals surface area contributed by atoms with Crippen LogP contribution in [0.3, 0.4) is 0 Å². The highest BCUT2D eigenvalue weighted by Gasteiger charge is 2.34. The second kappa shape index (κ2) is 8.01. The summed E-state index contributed by atoms with van der Waals surface area (Å²) in [5.41, 5.74) is 3.08. The summed E-state index contributed by atoms with van der Waals surface area (Å²) < 4.78 is 5.22. The SMILES string of the molecule is CC(=S)NCC1COC(=O)N1c1ccc2c(c1)CCN(C(=O)CO)CC2. The minimum absolute atomic E-state index is 0.114. The number of thiocarbonyl (C=S) groups is 1. The lowest BCUT2D eigenvalue weighted by atomic mass is 10.0. The number of aliphatic hydroxyl groups excluding tert-OH is 1. The second-order valence-corrected chi connectivity index (χ2v) is 7.14. The van der Waals surface area contributed by atoms with Gasteiger partial charge in [-0.2, -0.15) is 0 Å². The Morgan fingerprint density at radius 2 is 2.08 bits per heavy atom. The molecule has 0 spiro atoms. The molecule has 1 saturated heterocycles. The van der Waals surface area contributed by atoms with Crippen LogP contribution in [0.4, 0.5) is 10.5 Å². The molecule has 3 rings (SSSR count). The molecule has 1 aromatic carbocycles. The van der Waals surface area contributed by atoms with E-state index < -0.39 is 6.61 Å². The Morgan fingerprint density at radius 1 is 1.35 bits per heavy atom. The van der Waals surface area contributed by atoms with Crippen LogP contribution in [0, 0.1) is 0 Å². The molecule has 0 aromatic heterocycles. The van der Waals surface area contributed by atoms with Gasteiger partial charge in [-0.1, -0.05) is 18.3 Å². The summed E-state index contributed by atoms with van der Waals surface area (Å²) in [5.74, 6) is -0.247. The summed E-state index contributed by atoms with van der Waals surface area (Å²) in [6.07, 6.45) is 1.07. The normalized spacial score (nSPS) is 19.6. The second-order valence-electron chi connectivity index (χ2n) is 6.53. The molecule has 1 unspecified atom stereocenters. The quantitative estimate of drug-likeness (QED) is 0.758. The number of amides is 2. The molecule has 0 bridgehead atoms. The predicted octanol–water partition coefficient (Wildman–Crippen LogP) is 0.868. The molecule has 2 heterocycles. The fourth-order valence-corrected chi connectivity index (χ4v) is 3.48. The fourth-order valence-electron chi connectivity index (χ4n) is 3.40. The van der Waals surface area contributed by atoms with Crippen LogP contribution in [0.5, 0.6) is 0 Å². The first-order valence-electron chi connectivity index (χ1n) is 8.70. The van der Waals surface area contributed by atoms with Crippen molar-refractivity contribution in [2.24, 2.45) is 0 Å². The van der Waals surface area contributed by atoms with Crippen LogP contribution in [0.15, 0.2) is 18.2 Å². The molecule has 1 aromatic rings. The molecule has 0 aliphatic carbocycles. The van der Waals surface area contributed by atoms with Gasteiger partial charge in [0.15, 0.2) is 0 Å². The summed E-state index contributed by atoms with van der Waals surface area (Å²) >= 11 is 5.05. The largest absolute Gasteiger partial charge is 0.447 e. The summed E-state index contributed by atoms with van der Waals surface area (Å²) in [6, 6.07) is 5.83. The molecule has 8 heteroatoms. The number of hydrogen-bond acceptors (Lipinski definition) is 5. The average Bonchev–Trinajstić information content (AvgIpc) is 2.86. The number of rotatable bonds is 4. The molecule has 1 atom stereocenters. The standard InChI is InChI=1S/C18H23N3O4S/c1-12(26)19-9-16-11-25-18(24)21(16)15-3-2-13-4-6-20(17(23)10-22)7-5-14(13)8-15/h2-3,8,16,22H,4-7,9-11H2,1H3,(H,19,26). The van der Waals surface area contributed by atoms with Gasteiger partial charge in [0.2, 0.25) is 5.91 Å². The van der Waals surface area contributed by atoms with Gasteiger partial charge in [-0.05, 0) is 43.0 Å². The molecular formula is C18H23N3O4S. The molecule has 0 radical (unpaired) electrons. The van der Waals surface area contributed by atoms with Crippen LogP contribution in [-0.2, 0) is 22.4 Å². The number of aliphatic hydroxyl groups is 1. The van der Waals surface area contributed by atoms with Gasteiger partial charge in [0.25, 0.3) is 0 Å². The van der Waals surface area contributed by atoms with E-state index in [9.17, 15) is 9.59 Å². The van der Waals surface area contributed by atoms with Gasteiger partial charge in [-0.3, -0.25) is 9.69 Å². The highest BCUT2D eigenvalue weighted by atomic mass is 32.1. The predicted molar refractivity (Wildman–Crippen MR) is 101 cm³/mol. The van der Waals surface area contributed by atoms with Crippen LogP contribution in [0.1, 0.15) is 18.1 Å². The van der Waals surface area contributed by atoms with Crippen molar-refractivity contribution >= 4 is 34.9 Å². The van der Waals surface area contributed by atoms with E-state index in [1.165, 1.54) is 5.56 Å². The van der Waals surface area contributed by atoms with Crippen molar-refractivity contribution in [3.63, 3.8) is 0 Å². The number of nitrogens with zero attached hydrogens (tertiary/aromatic N) is 2. The number of hydrogen-bond donors (Lipinski definition) is 2. The Morgan fingerprint density at radius 3 is 2.77 bits per heavy atom. The van der Waals surface area contributed by atoms with Crippen LogP contribution in [0.2, 0.25) is 0 Å². The monoisotopic (exact) mass is 377 g/mol. The van der Waals surface area contributed by atoms with E-state index in [-0.39, 0.29) is 18.0 Å². The van der Waals surface area contributed by atoms with Gasteiger partial charge in [0.05, 0.1) is 11.0 Å². The number of carbonyl (C=O) groups excluding carboxylic acids is 2. The van der Waals surface area contributed by atoms with Crippen molar-refractivity contribution in [1.82, 2.24) is 10.2 Å². The Balaban J connectivity index is 1.78. The molecule has 140 valence electrons. The number of nitrogens with one attached hydrogen (secondary N) is 1. The molecule has 0 saturated carbocycles. The van der Waals surface area contributed by atoms with Crippen LogP contribution in [-0.4, -0.2) is 65.9 Å². The minimum Gasteiger partial charge on any atom is -0.447 e. The highest BCUT2D eigenvalue weighted by molar-refractivity contribution is 7.80. The van der Waals surface area contributed by atoms with Gasteiger partial charge in [-0.25, -0.2) is 4.79 Å². The van der Waals surface area contributed by atoms with Crippen molar-refractivity contribution in [3.05, 3.63) is 29.3 Å². The van der Waals surface area contributed by atoms with Crippen molar-refractivity contribution in [2.45, 2.75) is 25.8 Å². The maximum atomic E-state index is 12.2. The third-order valence-electron chi connectivity index (χ3n) is 4.81. The van der Waals surface area contributed by atoms with Crippen molar-refractivity contribution in [1.29, 1.82) is 0 Å². The average molecular weight is 377 g/mol. The maximum Gasteiger partial charge on any atom is 0.414 e. The fraction of sp³-hybridized carbons (Fsp3) is 0.500. The van der Waals surface area contributed by atoms with Crippen LogP contribution >= 0.6 is 12.2 Å². The Bertz CT molecular complexity index is 724. The number of carbonyl (C=O) groups is 2. The van der Waals surface area contributed by atoms with E-state index in [4.69, 9.17) is 22.1 Å². The van der Waals surface area contributed by atoms with E-state index in [0.29, 0.717) is 37.7 Å². The lowest BCUT2D eigenvalue weighted by Gasteiger charge is -2.23. The first kappa shape index (κ1) is 18.6.